The predicted octanol–water partition coefficient (Wildman–Crippen LogP) is 4.01. The van der Waals surface area contributed by atoms with E-state index < -0.39 is 0 Å². The van der Waals surface area contributed by atoms with Crippen molar-refractivity contribution in [2.45, 2.75) is 12.1 Å². The third-order valence-corrected chi connectivity index (χ3v) is 3.37. The summed E-state index contributed by atoms with van der Waals surface area (Å²) in [5.41, 5.74) is 2.41. The third kappa shape index (κ3) is 2.29. The van der Waals surface area contributed by atoms with Crippen molar-refractivity contribution < 1.29 is 13.6 Å². The van der Waals surface area contributed by atoms with E-state index in [1.807, 2.05) is 18.2 Å². The molecule has 0 spiro atoms. The van der Waals surface area contributed by atoms with Gasteiger partial charge in [0, 0.05) is 5.56 Å². The van der Waals surface area contributed by atoms with Crippen LogP contribution in [-0.4, -0.2) is 17.0 Å². The summed E-state index contributed by atoms with van der Waals surface area (Å²) in [6.07, 6.45) is 0.687. The fourth-order valence-electron chi connectivity index (χ4n) is 1.81. The molecule has 0 saturated carbocycles. The highest BCUT2D eigenvalue weighted by Gasteiger charge is 2.09. The smallest absolute Gasteiger partial charge is 0.256 e. The van der Waals surface area contributed by atoms with Crippen LogP contribution in [0.4, 0.5) is 0 Å². The van der Waals surface area contributed by atoms with Crippen LogP contribution >= 0.6 is 11.8 Å². The summed E-state index contributed by atoms with van der Waals surface area (Å²) in [7, 11) is 0. The first kappa shape index (κ1) is 12.0. The van der Waals surface area contributed by atoms with Gasteiger partial charge >= 0.3 is 0 Å². The Morgan fingerprint density at radius 2 is 2.16 bits per heavy atom. The maximum absolute atomic E-state index is 10.6. The molecule has 2 aromatic heterocycles. The van der Waals surface area contributed by atoms with Gasteiger partial charge in [-0.05, 0) is 36.1 Å². The molecule has 0 amide bonds. The van der Waals surface area contributed by atoms with Crippen molar-refractivity contribution in [1.29, 1.82) is 0 Å². The van der Waals surface area contributed by atoms with Crippen molar-refractivity contribution in [1.82, 2.24) is 4.98 Å². The van der Waals surface area contributed by atoms with Crippen LogP contribution in [0.25, 0.3) is 22.4 Å². The van der Waals surface area contributed by atoms with Gasteiger partial charge in [-0.15, -0.1) is 0 Å². The molecule has 0 N–H and O–H groups in total. The van der Waals surface area contributed by atoms with E-state index in [-0.39, 0.29) is 0 Å². The SMILES string of the molecule is CCSc1nc2ccc(-c3ccc(C=O)o3)cc2o1. The molecule has 0 aliphatic rings. The Bertz CT molecular complexity index is 729. The molecule has 3 aromatic rings. The normalized spacial score (nSPS) is 11.0. The Hall–Kier alpha value is -2.01. The Kier molecular flexibility index (Phi) is 3.13. The zero-order chi connectivity index (χ0) is 13.2. The van der Waals surface area contributed by atoms with Crippen molar-refractivity contribution in [2.24, 2.45) is 0 Å². The molecule has 0 saturated heterocycles. The number of nitrogens with zero attached hydrogens (tertiary/aromatic N) is 1. The van der Waals surface area contributed by atoms with Crippen molar-refractivity contribution in [3.05, 3.63) is 36.1 Å². The van der Waals surface area contributed by atoms with E-state index >= 15 is 0 Å². The van der Waals surface area contributed by atoms with Crippen LogP contribution in [0.1, 0.15) is 17.5 Å². The van der Waals surface area contributed by atoms with E-state index in [4.69, 9.17) is 8.83 Å². The molecule has 5 heteroatoms. The molecule has 96 valence electrons. The van der Waals surface area contributed by atoms with Gasteiger partial charge in [-0.3, -0.25) is 4.79 Å². The zero-order valence-corrected chi connectivity index (χ0v) is 11.1. The van der Waals surface area contributed by atoms with Gasteiger partial charge in [-0.2, -0.15) is 0 Å². The molecule has 1 aromatic carbocycles. The first-order chi connectivity index (χ1) is 9.30. The number of carbonyl (C=O) groups excluding carboxylic acids is 1. The molecule has 0 bridgehead atoms. The summed E-state index contributed by atoms with van der Waals surface area (Å²) in [4.78, 5) is 15.0. The van der Waals surface area contributed by atoms with Crippen molar-refractivity contribution in [3.8, 4) is 11.3 Å². The summed E-state index contributed by atoms with van der Waals surface area (Å²) in [6.45, 7) is 2.05. The van der Waals surface area contributed by atoms with Crippen molar-refractivity contribution in [2.75, 3.05) is 5.75 Å². The maximum Gasteiger partial charge on any atom is 0.256 e. The van der Waals surface area contributed by atoms with Gasteiger partial charge in [0.25, 0.3) is 5.22 Å². The van der Waals surface area contributed by atoms with Crippen LogP contribution < -0.4 is 0 Å². The maximum atomic E-state index is 10.6. The molecule has 0 radical (unpaired) electrons. The number of fused-ring (bicyclic) bond motifs is 1. The Balaban J connectivity index is 2.02. The molecule has 0 aliphatic heterocycles. The van der Waals surface area contributed by atoms with Crippen LogP contribution in [0.3, 0.4) is 0 Å². The van der Waals surface area contributed by atoms with E-state index in [0.29, 0.717) is 23.0 Å². The highest BCUT2D eigenvalue weighted by atomic mass is 32.2. The van der Waals surface area contributed by atoms with E-state index in [2.05, 4.69) is 11.9 Å². The van der Waals surface area contributed by atoms with Crippen LogP contribution in [0.15, 0.2) is 44.4 Å². The number of hydrogen-bond donors (Lipinski definition) is 0. The van der Waals surface area contributed by atoms with Gasteiger partial charge in [0.15, 0.2) is 17.6 Å². The van der Waals surface area contributed by atoms with E-state index in [9.17, 15) is 4.79 Å². The topological polar surface area (TPSA) is 56.2 Å². The molecule has 4 nitrogen and oxygen atoms in total. The summed E-state index contributed by atoms with van der Waals surface area (Å²) in [6, 6.07) is 9.07. The minimum atomic E-state index is 0.315. The molecule has 0 unspecified atom stereocenters. The van der Waals surface area contributed by atoms with Crippen LogP contribution in [0.5, 0.6) is 0 Å². The largest absolute Gasteiger partial charge is 0.453 e. The van der Waals surface area contributed by atoms with Gasteiger partial charge in [0.1, 0.15) is 11.3 Å². The summed E-state index contributed by atoms with van der Waals surface area (Å²) < 4.78 is 11.0. The lowest BCUT2D eigenvalue weighted by Gasteiger charge is -1.95. The number of aromatic nitrogens is 1. The Morgan fingerprint density at radius 3 is 2.89 bits per heavy atom. The molecule has 0 fully saturated rings. The number of thioether (sulfide) groups is 1. The standard InChI is InChI=1S/C14H11NO3S/c1-2-19-14-15-11-5-3-9(7-13(11)18-14)12-6-4-10(8-16)17-12/h3-8H,2H2,1H3. The average Bonchev–Trinajstić information content (AvgIpc) is 3.04. The molecule has 19 heavy (non-hydrogen) atoms. The number of aldehydes is 1. The number of hydrogen-bond acceptors (Lipinski definition) is 5. The second-order valence-electron chi connectivity index (χ2n) is 3.92. The Labute approximate surface area is 113 Å². The van der Waals surface area contributed by atoms with Crippen LogP contribution in [-0.2, 0) is 0 Å². The highest BCUT2D eigenvalue weighted by molar-refractivity contribution is 7.99. The fourth-order valence-corrected chi connectivity index (χ4v) is 2.37. The second kappa shape index (κ2) is 4.93. The zero-order valence-electron chi connectivity index (χ0n) is 10.3. The minimum Gasteiger partial charge on any atom is -0.453 e. The van der Waals surface area contributed by atoms with Crippen molar-refractivity contribution >= 4 is 29.1 Å². The van der Waals surface area contributed by atoms with E-state index in [1.165, 1.54) is 0 Å². The van der Waals surface area contributed by atoms with E-state index in [1.54, 1.807) is 23.9 Å². The molecule has 0 aliphatic carbocycles. The molecular weight excluding hydrogens is 262 g/mol. The lowest BCUT2D eigenvalue weighted by atomic mass is 10.1. The molecule has 2 heterocycles. The molecule has 0 atom stereocenters. The first-order valence-electron chi connectivity index (χ1n) is 5.89. The molecular formula is C14H11NO3S. The van der Waals surface area contributed by atoms with Gasteiger partial charge in [-0.1, -0.05) is 18.7 Å². The number of benzene rings is 1. The van der Waals surface area contributed by atoms with Gasteiger partial charge in [0.05, 0.1) is 0 Å². The fraction of sp³-hybridized carbons (Fsp3) is 0.143. The van der Waals surface area contributed by atoms with Gasteiger partial charge in [0.2, 0.25) is 0 Å². The van der Waals surface area contributed by atoms with Crippen LogP contribution in [0.2, 0.25) is 0 Å². The molecule has 3 rings (SSSR count). The number of carbonyl (C=O) groups is 1. The number of oxazole rings is 1. The summed E-state index contributed by atoms with van der Waals surface area (Å²) in [5.74, 6) is 1.88. The Morgan fingerprint density at radius 1 is 1.26 bits per heavy atom. The lowest BCUT2D eigenvalue weighted by molar-refractivity contribution is 0.110. The summed E-state index contributed by atoms with van der Waals surface area (Å²) >= 11 is 1.56. The summed E-state index contributed by atoms with van der Waals surface area (Å²) in [5, 5.41) is 0.669. The van der Waals surface area contributed by atoms with Gasteiger partial charge < -0.3 is 8.83 Å². The number of rotatable bonds is 4. The highest BCUT2D eigenvalue weighted by Crippen LogP contribution is 2.28. The average molecular weight is 273 g/mol. The predicted molar refractivity (Wildman–Crippen MR) is 73.5 cm³/mol. The quantitative estimate of drug-likeness (QED) is 0.531. The van der Waals surface area contributed by atoms with Gasteiger partial charge in [-0.25, -0.2) is 4.98 Å². The first-order valence-corrected chi connectivity index (χ1v) is 6.87. The number of furan rings is 1. The van der Waals surface area contributed by atoms with E-state index in [0.717, 1.165) is 22.4 Å². The lowest BCUT2D eigenvalue weighted by Crippen LogP contribution is -1.74. The minimum absolute atomic E-state index is 0.315. The van der Waals surface area contributed by atoms with Crippen molar-refractivity contribution in [3.63, 3.8) is 0 Å². The monoisotopic (exact) mass is 273 g/mol. The second-order valence-corrected chi connectivity index (χ2v) is 5.13. The third-order valence-electron chi connectivity index (χ3n) is 2.66. The van der Waals surface area contributed by atoms with Crippen LogP contribution in [0, 0.1) is 0 Å².